The predicted octanol–water partition coefficient (Wildman–Crippen LogP) is 2.15. The van der Waals surface area contributed by atoms with E-state index in [1.807, 2.05) is 43.9 Å². The third kappa shape index (κ3) is 6.05. The summed E-state index contributed by atoms with van der Waals surface area (Å²) in [6, 6.07) is 10.2. The molecule has 2 aromatic rings. The van der Waals surface area contributed by atoms with Gasteiger partial charge in [0.15, 0.2) is 5.82 Å². The topological polar surface area (TPSA) is 91.6 Å². The monoisotopic (exact) mass is 413 g/mol. The number of rotatable bonds is 7. The lowest BCUT2D eigenvalue weighted by Gasteiger charge is -2.36. The summed E-state index contributed by atoms with van der Waals surface area (Å²) in [4.78, 5) is 33.0. The minimum absolute atomic E-state index is 0.0785. The van der Waals surface area contributed by atoms with Crippen LogP contribution in [0.5, 0.6) is 0 Å². The van der Waals surface area contributed by atoms with Crippen LogP contribution in [0.3, 0.4) is 0 Å². The van der Waals surface area contributed by atoms with E-state index in [0.717, 1.165) is 13.1 Å². The molecule has 2 heterocycles. The van der Waals surface area contributed by atoms with Crippen molar-refractivity contribution < 1.29 is 14.1 Å². The van der Waals surface area contributed by atoms with Crippen LogP contribution in [0.1, 0.15) is 45.3 Å². The second-order valence-corrected chi connectivity index (χ2v) is 8.57. The van der Waals surface area contributed by atoms with E-state index in [1.165, 1.54) is 5.69 Å². The number of carbonyl (C=O) groups is 2. The molecule has 1 saturated heterocycles. The summed E-state index contributed by atoms with van der Waals surface area (Å²) in [5.74, 6) is 1.06. The van der Waals surface area contributed by atoms with Gasteiger partial charge in [-0.3, -0.25) is 9.59 Å². The van der Waals surface area contributed by atoms with Crippen LogP contribution < -0.4 is 10.2 Å². The maximum Gasteiger partial charge on any atom is 0.227 e. The Bertz CT molecular complexity index is 836. The number of benzene rings is 1. The fourth-order valence-corrected chi connectivity index (χ4v) is 3.29. The lowest BCUT2D eigenvalue weighted by atomic mass is 9.96. The number of carbonyl (C=O) groups excluding carboxylic acids is 2. The number of aromatic nitrogens is 2. The maximum atomic E-state index is 12.4. The van der Waals surface area contributed by atoms with Gasteiger partial charge in [-0.1, -0.05) is 44.1 Å². The fraction of sp³-hybridized carbons (Fsp3) is 0.545. The number of nitrogens with one attached hydrogen (secondary N) is 1. The Hall–Kier alpha value is -2.90. The van der Waals surface area contributed by atoms with Gasteiger partial charge < -0.3 is 19.6 Å². The zero-order valence-corrected chi connectivity index (χ0v) is 18.1. The molecule has 1 aromatic heterocycles. The highest BCUT2D eigenvalue weighted by Crippen LogP contribution is 2.19. The molecule has 30 heavy (non-hydrogen) atoms. The fourth-order valence-electron chi connectivity index (χ4n) is 3.29. The Labute approximate surface area is 177 Å². The van der Waals surface area contributed by atoms with Crippen molar-refractivity contribution in [1.29, 1.82) is 0 Å². The van der Waals surface area contributed by atoms with Gasteiger partial charge in [-0.15, -0.1) is 0 Å². The summed E-state index contributed by atoms with van der Waals surface area (Å²) in [6.45, 7) is 9.41. The van der Waals surface area contributed by atoms with Gasteiger partial charge in [0.2, 0.25) is 17.7 Å². The van der Waals surface area contributed by atoms with Gasteiger partial charge in [-0.05, 0) is 12.1 Å². The molecule has 8 heteroatoms. The Morgan fingerprint density at radius 3 is 2.40 bits per heavy atom. The zero-order chi connectivity index (χ0) is 21.6. The van der Waals surface area contributed by atoms with E-state index < -0.39 is 0 Å². The first-order chi connectivity index (χ1) is 14.3. The summed E-state index contributed by atoms with van der Waals surface area (Å²) in [5, 5.41) is 6.76. The second kappa shape index (κ2) is 9.73. The Morgan fingerprint density at radius 2 is 1.77 bits per heavy atom. The van der Waals surface area contributed by atoms with Crippen LogP contribution in [0.4, 0.5) is 5.69 Å². The van der Waals surface area contributed by atoms with Gasteiger partial charge in [0.1, 0.15) is 0 Å². The molecular weight excluding hydrogens is 382 g/mol. The molecule has 1 aliphatic rings. The van der Waals surface area contributed by atoms with E-state index in [4.69, 9.17) is 4.52 Å². The van der Waals surface area contributed by atoms with Crippen LogP contribution in [0.2, 0.25) is 0 Å². The molecule has 0 aliphatic carbocycles. The Morgan fingerprint density at radius 1 is 1.07 bits per heavy atom. The quantitative estimate of drug-likeness (QED) is 0.748. The first-order valence-electron chi connectivity index (χ1n) is 10.5. The molecule has 2 amide bonds. The van der Waals surface area contributed by atoms with Crippen molar-refractivity contribution in [2.75, 3.05) is 37.6 Å². The molecule has 0 saturated carbocycles. The largest absolute Gasteiger partial charge is 0.368 e. The SMILES string of the molecule is CC(C)(C)c1noc(CCC(=O)NCCC(=O)N2CCN(c3ccccc3)CC2)n1. The highest BCUT2D eigenvalue weighted by atomic mass is 16.5. The van der Waals surface area contributed by atoms with Crippen LogP contribution in [0, 0.1) is 0 Å². The van der Waals surface area contributed by atoms with Gasteiger partial charge in [-0.2, -0.15) is 4.98 Å². The molecule has 0 atom stereocenters. The average Bonchev–Trinajstić information content (AvgIpc) is 3.23. The highest BCUT2D eigenvalue weighted by molar-refractivity contribution is 5.79. The van der Waals surface area contributed by atoms with Crippen molar-refractivity contribution in [1.82, 2.24) is 20.4 Å². The molecule has 0 bridgehead atoms. The number of hydrogen-bond acceptors (Lipinski definition) is 6. The Kier molecular flexibility index (Phi) is 7.07. The molecule has 1 fully saturated rings. The van der Waals surface area contributed by atoms with Crippen molar-refractivity contribution >= 4 is 17.5 Å². The Balaban J connectivity index is 1.32. The van der Waals surface area contributed by atoms with Crippen molar-refractivity contribution in [3.8, 4) is 0 Å². The standard InChI is InChI=1S/C22H31N5O3/c1-22(2,3)21-24-19(30-25-21)10-9-18(28)23-12-11-20(29)27-15-13-26(14-16-27)17-7-5-4-6-8-17/h4-8H,9-16H2,1-3H3,(H,23,28). The minimum atomic E-state index is -0.184. The van der Waals surface area contributed by atoms with E-state index in [-0.39, 0.29) is 23.7 Å². The number of hydrogen-bond donors (Lipinski definition) is 1. The normalized spacial score (nSPS) is 14.6. The number of para-hydroxylation sites is 1. The molecule has 1 aromatic carbocycles. The molecule has 0 spiro atoms. The van der Waals surface area contributed by atoms with E-state index in [9.17, 15) is 9.59 Å². The third-order valence-electron chi connectivity index (χ3n) is 5.12. The molecule has 0 radical (unpaired) electrons. The summed E-state index contributed by atoms with van der Waals surface area (Å²) >= 11 is 0. The first-order valence-corrected chi connectivity index (χ1v) is 10.5. The van der Waals surface area contributed by atoms with Crippen LogP contribution in [0.25, 0.3) is 0 Å². The smallest absolute Gasteiger partial charge is 0.227 e. The molecule has 162 valence electrons. The van der Waals surface area contributed by atoms with Crippen LogP contribution in [-0.4, -0.2) is 59.6 Å². The highest BCUT2D eigenvalue weighted by Gasteiger charge is 2.22. The van der Waals surface area contributed by atoms with Crippen molar-refractivity contribution in [3.05, 3.63) is 42.0 Å². The van der Waals surface area contributed by atoms with E-state index in [0.29, 0.717) is 44.2 Å². The second-order valence-electron chi connectivity index (χ2n) is 8.57. The van der Waals surface area contributed by atoms with Gasteiger partial charge in [0, 0.05) is 63.1 Å². The van der Waals surface area contributed by atoms with E-state index >= 15 is 0 Å². The molecular formula is C22H31N5O3. The molecule has 3 rings (SSSR count). The van der Waals surface area contributed by atoms with Crippen molar-refractivity contribution in [3.63, 3.8) is 0 Å². The molecule has 8 nitrogen and oxygen atoms in total. The summed E-state index contributed by atoms with van der Waals surface area (Å²) in [6.07, 6.45) is 0.964. The lowest BCUT2D eigenvalue weighted by Crippen LogP contribution is -2.49. The van der Waals surface area contributed by atoms with Crippen LogP contribution >= 0.6 is 0 Å². The molecule has 1 N–H and O–H groups in total. The third-order valence-corrected chi connectivity index (χ3v) is 5.12. The van der Waals surface area contributed by atoms with E-state index in [2.05, 4.69) is 32.5 Å². The van der Waals surface area contributed by atoms with Crippen molar-refractivity contribution in [2.24, 2.45) is 0 Å². The number of anilines is 1. The lowest BCUT2D eigenvalue weighted by molar-refractivity contribution is -0.131. The van der Waals surface area contributed by atoms with Crippen LogP contribution in [-0.2, 0) is 21.4 Å². The minimum Gasteiger partial charge on any atom is -0.368 e. The maximum absolute atomic E-state index is 12.4. The number of aryl methyl sites for hydroxylation is 1. The predicted molar refractivity (Wildman–Crippen MR) is 114 cm³/mol. The summed E-state index contributed by atoms with van der Waals surface area (Å²) < 4.78 is 5.20. The van der Waals surface area contributed by atoms with Gasteiger partial charge >= 0.3 is 0 Å². The van der Waals surface area contributed by atoms with Gasteiger partial charge in [-0.25, -0.2) is 0 Å². The summed E-state index contributed by atoms with van der Waals surface area (Å²) in [5.41, 5.74) is 1.00. The summed E-state index contributed by atoms with van der Waals surface area (Å²) in [7, 11) is 0. The average molecular weight is 414 g/mol. The number of amides is 2. The number of piperazine rings is 1. The molecule has 1 aliphatic heterocycles. The van der Waals surface area contributed by atoms with Gasteiger partial charge in [0.25, 0.3) is 0 Å². The number of nitrogens with zero attached hydrogens (tertiary/aromatic N) is 4. The van der Waals surface area contributed by atoms with Gasteiger partial charge in [0.05, 0.1) is 0 Å². The first kappa shape index (κ1) is 21.8. The zero-order valence-electron chi connectivity index (χ0n) is 18.1. The van der Waals surface area contributed by atoms with Crippen molar-refractivity contribution in [2.45, 2.75) is 45.4 Å². The molecule has 0 unspecified atom stereocenters. The van der Waals surface area contributed by atoms with E-state index in [1.54, 1.807) is 0 Å². The van der Waals surface area contributed by atoms with Crippen LogP contribution in [0.15, 0.2) is 34.9 Å².